The van der Waals surface area contributed by atoms with Gasteiger partial charge in [0.1, 0.15) is 18.4 Å². The Labute approximate surface area is 110 Å². The molecule has 3 nitrogen and oxygen atoms in total. The van der Waals surface area contributed by atoms with E-state index in [0.717, 1.165) is 17.4 Å². The van der Waals surface area contributed by atoms with Gasteiger partial charge in [-0.2, -0.15) is 5.26 Å². The molecule has 1 saturated heterocycles. The average Bonchev–Trinajstić information content (AvgIpc) is 2.38. The Kier molecular flexibility index (Phi) is 4.41. The second-order valence-corrected chi connectivity index (χ2v) is 5.13. The van der Waals surface area contributed by atoms with Gasteiger partial charge in [0.25, 0.3) is 0 Å². The number of rotatable bonds is 3. The maximum absolute atomic E-state index is 9.01. The lowest BCUT2D eigenvalue weighted by Crippen LogP contribution is -2.38. The van der Waals surface area contributed by atoms with Crippen molar-refractivity contribution in [3.05, 3.63) is 28.2 Å². The second kappa shape index (κ2) is 6.04. The first-order valence-electron chi connectivity index (χ1n) is 5.85. The molecule has 0 radical (unpaired) electrons. The van der Waals surface area contributed by atoms with Gasteiger partial charge < -0.3 is 10.1 Å². The fraction of sp³-hybridized carbons (Fsp3) is 0.462. The van der Waals surface area contributed by atoms with E-state index < -0.39 is 0 Å². The number of hydrogen-bond acceptors (Lipinski definition) is 3. The molecule has 1 aliphatic rings. The van der Waals surface area contributed by atoms with E-state index in [0.29, 0.717) is 24.0 Å². The third-order valence-corrected chi connectivity index (χ3v) is 3.41. The van der Waals surface area contributed by atoms with Crippen molar-refractivity contribution in [1.82, 2.24) is 5.32 Å². The number of nitrogens with one attached hydrogen (secondary N) is 1. The lowest BCUT2D eigenvalue weighted by molar-refractivity contribution is 0.238. The molecule has 1 aromatic carbocycles. The van der Waals surface area contributed by atoms with Crippen molar-refractivity contribution in [2.75, 3.05) is 13.2 Å². The smallest absolute Gasteiger partial charge is 0.137 e. The van der Waals surface area contributed by atoms with E-state index in [2.05, 4.69) is 27.3 Å². The lowest BCUT2D eigenvalue weighted by atomic mass is 10.1. The van der Waals surface area contributed by atoms with Gasteiger partial charge in [-0.1, -0.05) is 22.4 Å². The van der Waals surface area contributed by atoms with Gasteiger partial charge in [0.05, 0.1) is 5.56 Å². The summed E-state index contributed by atoms with van der Waals surface area (Å²) in [5, 5.41) is 12.4. The molecular weight excluding hydrogens is 280 g/mol. The molecule has 2 rings (SSSR count). The fourth-order valence-corrected chi connectivity index (χ4v) is 2.33. The number of benzene rings is 1. The van der Waals surface area contributed by atoms with Crippen LogP contribution in [0.1, 0.15) is 24.8 Å². The average molecular weight is 295 g/mol. The molecule has 1 fully saturated rings. The van der Waals surface area contributed by atoms with Crippen LogP contribution in [0, 0.1) is 11.3 Å². The van der Waals surface area contributed by atoms with Crippen molar-refractivity contribution in [3.8, 4) is 11.8 Å². The van der Waals surface area contributed by atoms with E-state index in [4.69, 9.17) is 10.00 Å². The SMILES string of the molecule is N#Cc1cc(Br)ccc1OCC1CCCCN1. The number of halogens is 1. The van der Waals surface area contributed by atoms with Crippen LogP contribution >= 0.6 is 15.9 Å². The second-order valence-electron chi connectivity index (χ2n) is 4.21. The summed E-state index contributed by atoms with van der Waals surface area (Å²) in [5.41, 5.74) is 0.579. The Balaban J connectivity index is 1.96. The molecule has 0 bridgehead atoms. The van der Waals surface area contributed by atoms with E-state index in [1.54, 1.807) is 6.07 Å². The summed E-state index contributed by atoms with van der Waals surface area (Å²) >= 11 is 3.35. The number of ether oxygens (including phenoxy) is 1. The molecule has 4 heteroatoms. The van der Waals surface area contributed by atoms with E-state index in [1.165, 1.54) is 12.8 Å². The molecule has 1 aliphatic heterocycles. The molecule has 0 aliphatic carbocycles. The van der Waals surface area contributed by atoms with Crippen molar-refractivity contribution >= 4 is 15.9 Å². The zero-order valence-electron chi connectivity index (χ0n) is 9.58. The molecule has 1 heterocycles. The summed E-state index contributed by atoms with van der Waals surface area (Å²) in [7, 11) is 0. The first kappa shape index (κ1) is 12.4. The maximum Gasteiger partial charge on any atom is 0.137 e. The van der Waals surface area contributed by atoms with E-state index in [9.17, 15) is 0 Å². The molecule has 0 saturated carbocycles. The minimum atomic E-state index is 0.416. The highest BCUT2D eigenvalue weighted by Gasteiger charge is 2.14. The van der Waals surface area contributed by atoms with Gasteiger partial charge in [-0.05, 0) is 37.6 Å². The standard InChI is InChI=1S/C13H15BrN2O/c14-11-4-5-13(10(7-11)8-15)17-9-12-3-1-2-6-16-12/h4-5,7,12,16H,1-3,6,9H2. The Morgan fingerprint density at radius 3 is 3.06 bits per heavy atom. The summed E-state index contributed by atoms with van der Waals surface area (Å²) in [6.45, 7) is 1.70. The Bertz CT molecular complexity index is 422. The quantitative estimate of drug-likeness (QED) is 0.932. The van der Waals surface area contributed by atoms with Gasteiger partial charge in [-0.3, -0.25) is 0 Å². The van der Waals surface area contributed by atoms with Gasteiger partial charge in [0.2, 0.25) is 0 Å². The molecule has 1 N–H and O–H groups in total. The fourth-order valence-electron chi connectivity index (χ4n) is 1.97. The highest BCUT2D eigenvalue weighted by molar-refractivity contribution is 9.10. The third kappa shape index (κ3) is 3.45. The van der Waals surface area contributed by atoms with Crippen LogP contribution in [0.4, 0.5) is 0 Å². The topological polar surface area (TPSA) is 45.0 Å². The third-order valence-electron chi connectivity index (χ3n) is 2.91. The first-order valence-corrected chi connectivity index (χ1v) is 6.65. The van der Waals surface area contributed by atoms with Crippen LogP contribution in [0.2, 0.25) is 0 Å². The maximum atomic E-state index is 9.01. The van der Waals surface area contributed by atoms with Crippen LogP contribution in [0.25, 0.3) is 0 Å². The predicted molar refractivity (Wildman–Crippen MR) is 70.0 cm³/mol. The number of nitrogens with zero attached hydrogens (tertiary/aromatic N) is 1. The monoisotopic (exact) mass is 294 g/mol. The highest BCUT2D eigenvalue weighted by Crippen LogP contribution is 2.22. The van der Waals surface area contributed by atoms with Crippen molar-refractivity contribution in [1.29, 1.82) is 5.26 Å². The van der Waals surface area contributed by atoms with Gasteiger partial charge in [0, 0.05) is 10.5 Å². The molecule has 0 amide bonds. The summed E-state index contributed by atoms with van der Waals surface area (Å²) in [4.78, 5) is 0. The highest BCUT2D eigenvalue weighted by atomic mass is 79.9. The molecule has 1 atom stereocenters. The van der Waals surface area contributed by atoms with Crippen molar-refractivity contribution in [2.45, 2.75) is 25.3 Å². The summed E-state index contributed by atoms with van der Waals surface area (Å²) in [6, 6.07) is 8.08. The van der Waals surface area contributed by atoms with E-state index in [1.807, 2.05) is 12.1 Å². The lowest BCUT2D eigenvalue weighted by Gasteiger charge is -2.23. The Morgan fingerprint density at radius 1 is 1.47 bits per heavy atom. The molecule has 0 spiro atoms. The zero-order valence-corrected chi connectivity index (χ0v) is 11.2. The van der Waals surface area contributed by atoms with Gasteiger partial charge in [0.15, 0.2) is 0 Å². The van der Waals surface area contributed by atoms with Crippen molar-refractivity contribution in [2.24, 2.45) is 0 Å². The van der Waals surface area contributed by atoms with Crippen molar-refractivity contribution < 1.29 is 4.74 Å². The van der Waals surface area contributed by atoms with Gasteiger partial charge in [-0.25, -0.2) is 0 Å². The van der Waals surface area contributed by atoms with Gasteiger partial charge in [-0.15, -0.1) is 0 Å². The van der Waals surface area contributed by atoms with Crippen LogP contribution in [0.15, 0.2) is 22.7 Å². The molecular formula is C13H15BrN2O. The van der Waals surface area contributed by atoms with Crippen LogP contribution < -0.4 is 10.1 Å². The Morgan fingerprint density at radius 2 is 2.35 bits per heavy atom. The first-order chi connectivity index (χ1) is 8.29. The van der Waals surface area contributed by atoms with Crippen LogP contribution in [0.5, 0.6) is 5.75 Å². The molecule has 1 aromatic rings. The summed E-state index contributed by atoms with van der Waals surface area (Å²) in [5.74, 6) is 0.670. The van der Waals surface area contributed by atoms with Crippen LogP contribution in [0.3, 0.4) is 0 Å². The normalized spacial score (nSPS) is 19.6. The molecule has 90 valence electrons. The zero-order chi connectivity index (χ0) is 12.1. The van der Waals surface area contributed by atoms with Crippen molar-refractivity contribution in [3.63, 3.8) is 0 Å². The summed E-state index contributed by atoms with van der Waals surface area (Å²) in [6.07, 6.45) is 3.66. The minimum absolute atomic E-state index is 0.416. The Hall–Kier alpha value is -1.05. The number of nitriles is 1. The van der Waals surface area contributed by atoms with E-state index >= 15 is 0 Å². The van der Waals surface area contributed by atoms with E-state index in [-0.39, 0.29) is 0 Å². The molecule has 0 aromatic heterocycles. The number of hydrogen-bond donors (Lipinski definition) is 1. The van der Waals surface area contributed by atoms with Gasteiger partial charge >= 0.3 is 0 Å². The molecule has 1 unspecified atom stereocenters. The minimum Gasteiger partial charge on any atom is -0.491 e. The summed E-state index contributed by atoms with van der Waals surface area (Å²) < 4.78 is 6.62. The molecule has 17 heavy (non-hydrogen) atoms. The van der Waals surface area contributed by atoms with Crippen LogP contribution in [-0.4, -0.2) is 19.2 Å². The largest absolute Gasteiger partial charge is 0.491 e. The number of piperidine rings is 1. The predicted octanol–water partition coefficient (Wildman–Crippen LogP) is 2.84. The van der Waals surface area contributed by atoms with Crippen LogP contribution in [-0.2, 0) is 0 Å².